The molecule has 1 aromatic heterocycles. The monoisotopic (exact) mass is 358 g/mol. The minimum atomic E-state index is -0.717. The summed E-state index contributed by atoms with van der Waals surface area (Å²) >= 11 is 17.6. The molecule has 9 heteroatoms. The number of thiocarbonyl (C=S) groups is 1. The van der Waals surface area contributed by atoms with Crippen molar-refractivity contribution in [2.75, 3.05) is 0 Å². The van der Waals surface area contributed by atoms with Crippen molar-refractivity contribution in [3.05, 3.63) is 54.8 Å². The van der Waals surface area contributed by atoms with Gasteiger partial charge in [-0.15, -0.1) is 0 Å². The zero-order valence-electron chi connectivity index (χ0n) is 11.7. The van der Waals surface area contributed by atoms with Crippen molar-refractivity contribution in [1.29, 1.82) is 0 Å². The first-order valence-corrected chi connectivity index (χ1v) is 7.29. The first-order chi connectivity index (χ1) is 10.1. The van der Waals surface area contributed by atoms with E-state index in [1.165, 1.54) is 12.1 Å². The maximum atomic E-state index is 11.8. The molecule has 0 fully saturated rings. The van der Waals surface area contributed by atoms with Crippen LogP contribution in [0.25, 0.3) is 5.69 Å². The predicted octanol–water partition coefficient (Wildman–Crippen LogP) is 1.79. The number of aromatic nitrogens is 3. The van der Waals surface area contributed by atoms with Crippen molar-refractivity contribution in [2.24, 2.45) is 5.73 Å². The fraction of sp³-hybridized carbons (Fsp3) is 0.231. The van der Waals surface area contributed by atoms with Crippen LogP contribution in [0.15, 0.2) is 27.9 Å². The number of hydrogen-bond donors (Lipinski definition) is 2. The highest BCUT2D eigenvalue weighted by Crippen LogP contribution is 2.37. The molecule has 0 radical (unpaired) electrons. The summed E-state index contributed by atoms with van der Waals surface area (Å²) in [6.45, 7) is 3.60. The van der Waals surface area contributed by atoms with E-state index in [1.54, 1.807) is 13.8 Å². The van der Waals surface area contributed by atoms with Gasteiger partial charge in [0.25, 0.3) is 5.56 Å². The predicted molar refractivity (Wildman–Crippen MR) is 90.3 cm³/mol. The van der Waals surface area contributed by atoms with Gasteiger partial charge in [-0.25, -0.2) is 4.79 Å². The quantitative estimate of drug-likeness (QED) is 0.815. The van der Waals surface area contributed by atoms with E-state index in [1.807, 2.05) is 0 Å². The number of aromatic amines is 1. The standard InChI is InChI=1S/C13H12Cl2N4O2S/c1-13(2,11(16)22)10-7(14)3-6(4-8(10)15)19-12(21)18-9(20)5-17-19/h3-5H,1-2H3,(H2,16,22)(H,18,20,21). The highest BCUT2D eigenvalue weighted by molar-refractivity contribution is 7.80. The van der Waals surface area contributed by atoms with Crippen LogP contribution in [-0.4, -0.2) is 19.8 Å². The van der Waals surface area contributed by atoms with Crippen molar-refractivity contribution in [3.8, 4) is 5.69 Å². The summed E-state index contributed by atoms with van der Waals surface area (Å²) in [6, 6.07) is 3.02. The third-order valence-corrected chi connectivity index (χ3v) is 4.33. The fourth-order valence-electron chi connectivity index (χ4n) is 1.94. The summed E-state index contributed by atoms with van der Waals surface area (Å²) < 4.78 is 0.983. The summed E-state index contributed by atoms with van der Waals surface area (Å²) in [5.74, 6) is 0. The van der Waals surface area contributed by atoms with Crippen LogP contribution < -0.4 is 17.0 Å². The zero-order chi connectivity index (χ0) is 16.7. The van der Waals surface area contributed by atoms with Crippen molar-refractivity contribution in [1.82, 2.24) is 14.8 Å². The molecular weight excluding hydrogens is 347 g/mol. The smallest absolute Gasteiger partial charge is 0.349 e. The Morgan fingerprint density at radius 1 is 1.32 bits per heavy atom. The SMILES string of the molecule is CC(C)(C(N)=S)c1c(Cl)cc(-n2ncc(=O)[nH]c2=O)cc1Cl. The second-order valence-electron chi connectivity index (χ2n) is 5.12. The molecule has 6 nitrogen and oxygen atoms in total. The van der Waals surface area contributed by atoms with Gasteiger partial charge in [-0.3, -0.25) is 9.78 Å². The summed E-state index contributed by atoms with van der Waals surface area (Å²) in [4.78, 5) is 25.2. The third kappa shape index (κ3) is 2.92. The Bertz CT molecular complexity index is 850. The van der Waals surface area contributed by atoms with Gasteiger partial charge >= 0.3 is 5.69 Å². The fourth-order valence-corrected chi connectivity index (χ4v) is 2.99. The van der Waals surface area contributed by atoms with E-state index in [4.69, 9.17) is 41.2 Å². The molecule has 2 rings (SSSR count). The Balaban J connectivity index is 2.68. The van der Waals surface area contributed by atoms with E-state index in [2.05, 4.69) is 10.1 Å². The van der Waals surface area contributed by atoms with Gasteiger partial charge in [0.1, 0.15) is 6.20 Å². The molecule has 1 aromatic carbocycles. The number of nitrogens with one attached hydrogen (secondary N) is 1. The minimum Gasteiger partial charge on any atom is -0.393 e. The normalized spacial score (nSPS) is 11.5. The van der Waals surface area contributed by atoms with Crippen LogP contribution in [0.2, 0.25) is 10.0 Å². The first-order valence-electron chi connectivity index (χ1n) is 6.13. The topological polar surface area (TPSA) is 93.8 Å². The van der Waals surface area contributed by atoms with Gasteiger partial charge in [-0.2, -0.15) is 9.78 Å². The second kappa shape index (κ2) is 5.83. The number of nitrogens with zero attached hydrogens (tertiary/aromatic N) is 2. The summed E-state index contributed by atoms with van der Waals surface area (Å²) in [7, 11) is 0. The van der Waals surface area contributed by atoms with Crippen LogP contribution in [0.4, 0.5) is 0 Å². The molecule has 0 bridgehead atoms. The van der Waals surface area contributed by atoms with E-state index >= 15 is 0 Å². The average molecular weight is 359 g/mol. The van der Waals surface area contributed by atoms with Crippen molar-refractivity contribution in [2.45, 2.75) is 19.3 Å². The molecule has 0 aliphatic rings. The highest BCUT2D eigenvalue weighted by atomic mass is 35.5. The van der Waals surface area contributed by atoms with Gasteiger partial charge in [-0.1, -0.05) is 35.4 Å². The first kappa shape index (κ1) is 16.7. The lowest BCUT2D eigenvalue weighted by atomic mass is 9.84. The number of H-pyrrole nitrogens is 1. The molecule has 0 amide bonds. The van der Waals surface area contributed by atoms with Gasteiger partial charge < -0.3 is 5.73 Å². The molecule has 1 heterocycles. The summed E-state index contributed by atoms with van der Waals surface area (Å²) in [6.07, 6.45) is 0.982. The molecule has 0 spiro atoms. The van der Waals surface area contributed by atoms with Crippen LogP contribution in [0, 0.1) is 0 Å². The van der Waals surface area contributed by atoms with Gasteiger partial charge in [-0.05, 0) is 26.0 Å². The number of rotatable bonds is 3. The van der Waals surface area contributed by atoms with Crippen LogP contribution in [-0.2, 0) is 5.41 Å². The lowest BCUT2D eigenvalue weighted by Crippen LogP contribution is -2.35. The van der Waals surface area contributed by atoms with Gasteiger partial charge in [0, 0.05) is 21.0 Å². The van der Waals surface area contributed by atoms with E-state index in [0.717, 1.165) is 10.9 Å². The van der Waals surface area contributed by atoms with Crippen LogP contribution >= 0.6 is 35.4 Å². The Labute approximate surface area is 140 Å². The molecule has 0 unspecified atom stereocenters. The largest absolute Gasteiger partial charge is 0.393 e. The Hall–Kier alpha value is -1.70. The Morgan fingerprint density at radius 3 is 2.32 bits per heavy atom. The molecule has 0 atom stereocenters. The van der Waals surface area contributed by atoms with Crippen molar-refractivity contribution < 1.29 is 0 Å². The van der Waals surface area contributed by atoms with Crippen LogP contribution in [0.5, 0.6) is 0 Å². The summed E-state index contributed by atoms with van der Waals surface area (Å²) in [5, 5.41) is 4.33. The summed E-state index contributed by atoms with van der Waals surface area (Å²) in [5.41, 5.74) is 4.61. The molecule has 3 N–H and O–H groups in total. The lowest BCUT2D eigenvalue weighted by Gasteiger charge is -2.26. The number of benzene rings is 1. The minimum absolute atomic E-state index is 0.239. The third-order valence-electron chi connectivity index (χ3n) is 3.23. The molecule has 0 aliphatic heterocycles. The number of nitrogens with two attached hydrogens (primary N) is 1. The molecular formula is C13H12Cl2N4O2S. The van der Waals surface area contributed by atoms with E-state index in [-0.39, 0.29) is 4.99 Å². The van der Waals surface area contributed by atoms with Crippen LogP contribution in [0.3, 0.4) is 0 Å². The van der Waals surface area contributed by atoms with E-state index in [0.29, 0.717) is 21.3 Å². The molecule has 2 aromatic rings. The Morgan fingerprint density at radius 2 is 1.86 bits per heavy atom. The van der Waals surface area contributed by atoms with Crippen molar-refractivity contribution in [3.63, 3.8) is 0 Å². The zero-order valence-corrected chi connectivity index (χ0v) is 14.0. The van der Waals surface area contributed by atoms with Crippen molar-refractivity contribution >= 4 is 40.4 Å². The maximum absolute atomic E-state index is 11.8. The maximum Gasteiger partial charge on any atom is 0.349 e. The van der Waals surface area contributed by atoms with E-state index in [9.17, 15) is 9.59 Å². The molecule has 0 aliphatic carbocycles. The van der Waals surface area contributed by atoms with Crippen LogP contribution in [0.1, 0.15) is 19.4 Å². The average Bonchev–Trinajstić information content (AvgIpc) is 2.36. The number of hydrogen-bond acceptors (Lipinski definition) is 4. The van der Waals surface area contributed by atoms with E-state index < -0.39 is 16.7 Å². The second-order valence-corrected chi connectivity index (χ2v) is 6.38. The lowest BCUT2D eigenvalue weighted by molar-refractivity contribution is 0.718. The molecule has 0 saturated heterocycles. The number of halogens is 2. The molecule has 0 saturated carbocycles. The Kier molecular flexibility index (Phi) is 4.42. The molecule has 22 heavy (non-hydrogen) atoms. The van der Waals surface area contributed by atoms with Gasteiger partial charge in [0.15, 0.2) is 0 Å². The van der Waals surface area contributed by atoms with Gasteiger partial charge in [0.2, 0.25) is 0 Å². The highest BCUT2D eigenvalue weighted by Gasteiger charge is 2.29. The molecule has 116 valence electrons. The van der Waals surface area contributed by atoms with Gasteiger partial charge in [0.05, 0.1) is 10.7 Å².